The van der Waals surface area contributed by atoms with Crippen molar-refractivity contribution >= 4 is 33.5 Å². The number of urea groups is 1. The Balaban J connectivity index is 1.23. The second kappa shape index (κ2) is 9.13. The predicted molar refractivity (Wildman–Crippen MR) is 139 cm³/mol. The number of anilines is 1. The van der Waals surface area contributed by atoms with Crippen LogP contribution < -0.4 is 16.0 Å². The van der Waals surface area contributed by atoms with Gasteiger partial charge in [0.2, 0.25) is 10.0 Å². The largest absolute Gasteiger partial charge is 0.351 e. The van der Waals surface area contributed by atoms with Crippen molar-refractivity contribution in [1.29, 1.82) is 0 Å². The molecule has 3 N–H and O–H groups in total. The van der Waals surface area contributed by atoms with Crippen molar-refractivity contribution in [2.24, 2.45) is 22.6 Å². The summed E-state index contributed by atoms with van der Waals surface area (Å²) >= 11 is 0. The van der Waals surface area contributed by atoms with Gasteiger partial charge in [0, 0.05) is 37.7 Å². The second-order valence-corrected chi connectivity index (χ2v) is 13.4. The van der Waals surface area contributed by atoms with Crippen LogP contribution in [0.4, 0.5) is 10.5 Å². The van der Waals surface area contributed by atoms with E-state index in [9.17, 15) is 18.0 Å². The van der Waals surface area contributed by atoms with Crippen molar-refractivity contribution in [3.8, 4) is 0 Å². The summed E-state index contributed by atoms with van der Waals surface area (Å²) in [7, 11) is -1.87. The molecule has 2 aliphatic heterocycles. The number of carbonyl (C=O) groups excluding carboxylic acids is 2. The van der Waals surface area contributed by atoms with Gasteiger partial charge in [0.25, 0.3) is 5.91 Å². The molecule has 2 heterocycles. The van der Waals surface area contributed by atoms with Crippen molar-refractivity contribution < 1.29 is 18.0 Å². The van der Waals surface area contributed by atoms with Gasteiger partial charge in [-0.3, -0.25) is 14.7 Å². The number of benzene rings is 1. The zero-order valence-electron chi connectivity index (χ0n) is 21.4. The zero-order chi connectivity index (χ0) is 25.8. The Labute approximate surface area is 213 Å². The van der Waals surface area contributed by atoms with Crippen molar-refractivity contribution in [1.82, 2.24) is 9.62 Å². The molecule has 3 amide bonds. The number of amidine groups is 1. The number of sulfonamides is 1. The molecule has 1 spiro atoms. The standard InChI is InChI=1S/C26H37N5O4S/c1-16-4-6-18(7-5-16)23-28-24(32)26(29-23)10-12-31(13-11-26)36(34,35)22-15-21(22)20-9-8-19(14-17(20)2)30(3)25(27)33/h8-9,14,16,18,21-22H,4-7,10-13,15H2,1-3H3,(H2,27,33)(H,28,29,32). The van der Waals surface area contributed by atoms with Crippen LogP contribution in [0.25, 0.3) is 0 Å². The number of aliphatic imine (C=N–C) groups is 1. The van der Waals surface area contributed by atoms with E-state index in [1.54, 1.807) is 17.4 Å². The van der Waals surface area contributed by atoms with Crippen LogP contribution in [0.1, 0.15) is 68.9 Å². The van der Waals surface area contributed by atoms with Crippen LogP contribution in [0.5, 0.6) is 0 Å². The molecular formula is C26H37N5O4S. The number of rotatable bonds is 5. The number of carbonyl (C=O) groups is 2. The van der Waals surface area contributed by atoms with E-state index in [-0.39, 0.29) is 11.8 Å². The van der Waals surface area contributed by atoms with Gasteiger partial charge in [0.05, 0.1) is 5.25 Å². The average Bonchev–Trinajstić information content (AvgIpc) is 3.59. The van der Waals surface area contributed by atoms with Crippen molar-refractivity contribution in [3.05, 3.63) is 29.3 Å². The Bertz CT molecular complexity index is 1200. The number of hydrogen-bond donors (Lipinski definition) is 2. The number of nitrogens with one attached hydrogen (secondary N) is 1. The topological polar surface area (TPSA) is 125 Å². The summed E-state index contributed by atoms with van der Waals surface area (Å²) in [5, 5.41) is 2.60. The molecule has 4 aliphatic rings. The second-order valence-electron chi connectivity index (χ2n) is 11.2. The zero-order valence-corrected chi connectivity index (χ0v) is 22.2. The van der Waals surface area contributed by atoms with Gasteiger partial charge in [0.15, 0.2) is 0 Å². The summed E-state index contributed by atoms with van der Waals surface area (Å²) in [6.07, 6.45) is 5.86. The summed E-state index contributed by atoms with van der Waals surface area (Å²) in [5.74, 6) is 1.74. The summed E-state index contributed by atoms with van der Waals surface area (Å²) < 4.78 is 28.5. The minimum absolute atomic E-state index is 0.0610. The minimum Gasteiger partial charge on any atom is -0.351 e. The molecule has 1 aromatic rings. The normalized spacial score (nSPS) is 30.1. The lowest BCUT2D eigenvalue weighted by Crippen LogP contribution is -2.51. The van der Waals surface area contributed by atoms with Crippen LogP contribution >= 0.6 is 0 Å². The summed E-state index contributed by atoms with van der Waals surface area (Å²) in [5.41, 5.74) is 7.17. The van der Waals surface area contributed by atoms with Gasteiger partial charge in [-0.2, -0.15) is 0 Å². The van der Waals surface area contributed by atoms with E-state index in [1.165, 1.54) is 4.90 Å². The fourth-order valence-electron chi connectivity index (χ4n) is 6.15. The maximum atomic E-state index is 13.5. The Kier molecular flexibility index (Phi) is 6.39. The molecule has 2 unspecified atom stereocenters. The van der Waals surface area contributed by atoms with Crippen LogP contribution in [0.3, 0.4) is 0 Å². The lowest BCUT2D eigenvalue weighted by atomic mass is 9.82. The Morgan fingerprint density at radius 1 is 1.19 bits per heavy atom. The van der Waals surface area contributed by atoms with E-state index in [1.807, 2.05) is 19.1 Å². The first-order valence-electron chi connectivity index (χ1n) is 13.1. The van der Waals surface area contributed by atoms with Crippen LogP contribution in [-0.4, -0.2) is 61.4 Å². The number of aryl methyl sites for hydroxylation is 1. The molecule has 2 atom stereocenters. The number of primary amides is 1. The molecule has 36 heavy (non-hydrogen) atoms. The number of piperidine rings is 1. The number of amides is 3. The van der Waals surface area contributed by atoms with Crippen LogP contribution in [-0.2, 0) is 14.8 Å². The molecule has 0 aromatic heterocycles. The van der Waals surface area contributed by atoms with Gasteiger partial charge in [-0.05, 0) is 68.2 Å². The van der Waals surface area contributed by atoms with Gasteiger partial charge in [-0.1, -0.05) is 25.8 Å². The van der Waals surface area contributed by atoms with Gasteiger partial charge >= 0.3 is 6.03 Å². The molecule has 3 fully saturated rings. The number of nitrogens with two attached hydrogens (primary N) is 1. The molecule has 10 heteroatoms. The van der Waals surface area contributed by atoms with E-state index >= 15 is 0 Å². The first-order valence-corrected chi connectivity index (χ1v) is 14.6. The van der Waals surface area contributed by atoms with E-state index in [4.69, 9.17) is 10.7 Å². The molecule has 1 aromatic carbocycles. The SMILES string of the molecule is Cc1cc(N(C)C(N)=O)ccc1C1CC1S(=O)(=O)N1CCC2(CC1)N=C(C1CCC(C)CC1)NC2=O. The summed E-state index contributed by atoms with van der Waals surface area (Å²) in [6.45, 7) is 4.84. The maximum Gasteiger partial charge on any atom is 0.318 e. The lowest BCUT2D eigenvalue weighted by molar-refractivity contribution is -0.125. The highest BCUT2D eigenvalue weighted by molar-refractivity contribution is 7.90. The molecule has 1 saturated heterocycles. The van der Waals surface area contributed by atoms with E-state index < -0.39 is 26.8 Å². The molecule has 2 aliphatic carbocycles. The third-order valence-electron chi connectivity index (χ3n) is 8.80. The molecule has 2 saturated carbocycles. The van der Waals surface area contributed by atoms with E-state index in [0.29, 0.717) is 44.0 Å². The first-order chi connectivity index (χ1) is 17.0. The summed E-state index contributed by atoms with van der Waals surface area (Å²) in [6, 6.07) is 5.04. The summed E-state index contributed by atoms with van der Waals surface area (Å²) in [4.78, 5) is 30.6. The monoisotopic (exact) mass is 515 g/mol. The molecule has 0 radical (unpaired) electrons. The molecule has 9 nitrogen and oxygen atoms in total. The fraction of sp³-hybridized carbons (Fsp3) is 0.654. The minimum atomic E-state index is -3.48. The predicted octanol–water partition coefficient (Wildman–Crippen LogP) is 2.88. The van der Waals surface area contributed by atoms with Gasteiger partial charge in [-0.15, -0.1) is 0 Å². The highest BCUT2D eigenvalue weighted by Crippen LogP contribution is 2.49. The Morgan fingerprint density at radius 2 is 1.86 bits per heavy atom. The molecule has 196 valence electrons. The maximum absolute atomic E-state index is 13.5. The average molecular weight is 516 g/mol. The first kappa shape index (κ1) is 25.2. The number of hydrogen-bond acceptors (Lipinski definition) is 5. The fourth-order valence-corrected chi connectivity index (χ4v) is 8.24. The van der Waals surface area contributed by atoms with E-state index in [0.717, 1.165) is 48.6 Å². The van der Waals surface area contributed by atoms with Crippen molar-refractivity contribution in [3.63, 3.8) is 0 Å². The van der Waals surface area contributed by atoms with E-state index in [2.05, 4.69) is 12.2 Å². The smallest absolute Gasteiger partial charge is 0.318 e. The molecule has 5 rings (SSSR count). The third-order valence-corrected chi connectivity index (χ3v) is 11.2. The van der Waals surface area contributed by atoms with Crippen molar-refractivity contribution in [2.45, 2.75) is 75.5 Å². The van der Waals surface area contributed by atoms with Crippen LogP contribution in [0, 0.1) is 18.8 Å². The number of nitrogens with zero attached hydrogens (tertiary/aromatic N) is 3. The Hall–Kier alpha value is -2.46. The van der Waals surface area contributed by atoms with Crippen LogP contribution in [0.2, 0.25) is 0 Å². The quantitative estimate of drug-likeness (QED) is 0.625. The highest BCUT2D eigenvalue weighted by Gasteiger charge is 2.54. The van der Waals surface area contributed by atoms with Crippen molar-refractivity contribution in [2.75, 3.05) is 25.0 Å². The molecule has 0 bridgehead atoms. The Morgan fingerprint density at radius 3 is 2.47 bits per heavy atom. The van der Waals surface area contributed by atoms with Gasteiger partial charge in [-0.25, -0.2) is 17.5 Å². The van der Waals surface area contributed by atoms with Gasteiger partial charge < -0.3 is 11.1 Å². The lowest BCUT2D eigenvalue weighted by Gasteiger charge is -2.35. The highest BCUT2D eigenvalue weighted by atomic mass is 32.2. The third kappa shape index (κ3) is 4.42. The molecular weight excluding hydrogens is 478 g/mol. The van der Waals surface area contributed by atoms with Gasteiger partial charge in [0.1, 0.15) is 11.4 Å². The van der Waals surface area contributed by atoms with Crippen LogP contribution in [0.15, 0.2) is 23.2 Å².